The first-order chi connectivity index (χ1) is 15.6. The van der Waals surface area contributed by atoms with E-state index in [9.17, 15) is 4.79 Å². The maximum Gasteiger partial charge on any atom is 0.338 e. The van der Waals surface area contributed by atoms with E-state index in [-0.39, 0.29) is 5.97 Å². The molecule has 0 N–H and O–H groups in total. The minimum absolute atomic E-state index is 0.326. The van der Waals surface area contributed by atoms with Gasteiger partial charge in [0, 0.05) is 5.02 Å². The molecular formula is C28H29ClO3. The van der Waals surface area contributed by atoms with Gasteiger partial charge in [-0.25, -0.2) is 4.79 Å². The summed E-state index contributed by atoms with van der Waals surface area (Å²) in [7, 11) is 0. The number of hydrogen-bond donors (Lipinski definition) is 0. The fraction of sp³-hybridized carbons (Fsp3) is 0.321. The molecule has 4 rings (SSSR count). The number of hydrogen-bond acceptors (Lipinski definition) is 3. The predicted octanol–water partition coefficient (Wildman–Crippen LogP) is 7.81. The van der Waals surface area contributed by atoms with Crippen molar-refractivity contribution in [2.45, 2.75) is 51.6 Å². The maximum absolute atomic E-state index is 12.3. The van der Waals surface area contributed by atoms with Gasteiger partial charge >= 0.3 is 5.97 Å². The molecule has 0 radical (unpaired) electrons. The first-order valence-corrected chi connectivity index (χ1v) is 11.8. The van der Waals surface area contributed by atoms with E-state index in [1.54, 1.807) is 13.0 Å². The molecule has 0 bridgehead atoms. The van der Waals surface area contributed by atoms with Crippen molar-refractivity contribution < 1.29 is 14.3 Å². The SMILES string of the molecule is CCOC(=O)c1ccc(-c2ccc(Cl)cc2)c(COc2ccc(C3CCCCC3)cc2)c1. The number of halogens is 1. The van der Waals surface area contributed by atoms with Crippen molar-refractivity contribution in [1.29, 1.82) is 0 Å². The third-order valence-corrected chi connectivity index (χ3v) is 6.37. The number of esters is 1. The van der Waals surface area contributed by atoms with Crippen molar-refractivity contribution in [2.75, 3.05) is 6.61 Å². The molecule has 0 saturated heterocycles. The molecule has 1 aliphatic rings. The molecule has 3 aromatic carbocycles. The molecule has 1 aliphatic carbocycles. The van der Waals surface area contributed by atoms with Crippen LogP contribution in [-0.4, -0.2) is 12.6 Å². The van der Waals surface area contributed by atoms with Crippen molar-refractivity contribution in [3.63, 3.8) is 0 Å². The summed E-state index contributed by atoms with van der Waals surface area (Å²) in [6.45, 7) is 2.51. The minimum atomic E-state index is -0.326. The molecule has 4 heteroatoms. The number of carbonyl (C=O) groups excluding carboxylic acids is 1. The highest BCUT2D eigenvalue weighted by atomic mass is 35.5. The lowest BCUT2D eigenvalue weighted by Gasteiger charge is -2.22. The molecule has 32 heavy (non-hydrogen) atoms. The van der Waals surface area contributed by atoms with E-state index >= 15 is 0 Å². The van der Waals surface area contributed by atoms with Crippen molar-refractivity contribution in [3.8, 4) is 16.9 Å². The molecule has 1 fully saturated rings. The molecule has 3 nitrogen and oxygen atoms in total. The Bertz CT molecular complexity index is 1040. The van der Waals surface area contributed by atoms with E-state index in [0.29, 0.717) is 29.7 Å². The van der Waals surface area contributed by atoms with Gasteiger partial charge in [-0.1, -0.05) is 61.2 Å². The third kappa shape index (κ3) is 5.52. The van der Waals surface area contributed by atoms with E-state index in [0.717, 1.165) is 22.4 Å². The summed E-state index contributed by atoms with van der Waals surface area (Å²) in [6.07, 6.45) is 6.58. The van der Waals surface area contributed by atoms with Crippen LogP contribution in [0.1, 0.15) is 66.4 Å². The molecule has 1 saturated carbocycles. The van der Waals surface area contributed by atoms with Crippen LogP contribution >= 0.6 is 11.6 Å². The minimum Gasteiger partial charge on any atom is -0.489 e. The van der Waals surface area contributed by atoms with Gasteiger partial charge < -0.3 is 9.47 Å². The van der Waals surface area contributed by atoms with E-state index in [1.165, 1.54) is 37.7 Å². The zero-order valence-electron chi connectivity index (χ0n) is 18.5. The van der Waals surface area contributed by atoms with Crippen LogP contribution in [0.2, 0.25) is 5.02 Å². The Hall–Kier alpha value is -2.78. The highest BCUT2D eigenvalue weighted by Crippen LogP contribution is 2.33. The fourth-order valence-electron chi connectivity index (χ4n) is 4.40. The topological polar surface area (TPSA) is 35.5 Å². The van der Waals surface area contributed by atoms with Crippen molar-refractivity contribution in [3.05, 3.63) is 88.4 Å². The summed E-state index contributed by atoms with van der Waals surface area (Å²) in [6, 6.07) is 21.8. The van der Waals surface area contributed by atoms with E-state index < -0.39 is 0 Å². The first-order valence-electron chi connectivity index (χ1n) is 11.4. The second-order valence-electron chi connectivity index (χ2n) is 8.29. The van der Waals surface area contributed by atoms with Gasteiger partial charge in [-0.15, -0.1) is 0 Å². The zero-order chi connectivity index (χ0) is 22.3. The van der Waals surface area contributed by atoms with Gasteiger partial charge in [-0.05, 0) is 84.3 Å². The average molecular weight is 449 g/mol. The highest BCUT2D eigenvalue weighted by molar-refractivity contribution is 6.30. The lowest BCUT2D eigenvalue weighted by Crippen LogP contribution is -2.07. The summed E-state index contributed by atoms with van der Waals surface area (Å²) in [4.78, 5) is 12.3. The quantitative estimate of drug-likeness (QED) is 0.346. The Labute approximate surface area is 195 Å². The second-order valence-corrected chi connectivity index (χ2v) is 8.73. The second kappa shape index (κ2) is 10.7. The lowest BCUT2D eigenvalue weighted by molar-refractivity contribution is 0.0526. The molecule has 3 aromatic rings. The van der Waals surface area contributed by atoms with E-state index in [4.69, 9.17) is 21.1 Å². The van der Waals surface area contributed by atoms with E-state index in [1.807, 2.05) is 36.4 Å². The van der Waals surface area contributed by atoms with Crippen LogP contribution in [0, 0.1) is 0 Å². The van der Waals surface area contributed by atoms with Crippen LogP contribution in [0.5, 0.6) is 5.75 Å². The summed E-state index contributed by atoms with van der Waals surface area (Å²) in [5, 5.41) is 0.688. The Kier molecular flexibility index (Phi) is 7.49. The summed E-state index contributed by atoms with van der Waals surface area (Å²) in [5.74, 6) is 1.18. The molecule has 0 spiro atoms. The monoisotopic (exact) mass is 448 g/mol. The van der Waals surface area contributed by atoms with Gasteiger partial charge in [0.25, 0.3) is 0 Å². The normalized spacial score (nSPS) is 14.2. The Morgan fingerprint density at radius 2 is 1.66 bits per heavy atom. The number of benzene rings is 3. The Balaban J connectivity index is 1.54. The van der Waals surface area contributed by atoms with Gasteiger partial charge in [-0.3, -0.25) is 0 Å². The molecule has 0 unspecified atom stereocenters. The molecule has 0 aliphatic heterocycles. The zero-order valence-corrected chi connectivity index (χ0v) is 19.2. The van der Waals surface area contributed by atoms with Gasteiger partial charge in [0.1, 0.15) is 12.4 Å². The first kappa shape index (κ1) is 22.4. The summed E-state index contributed by atoms with van der Waals surface area (Å²) < 4.78 is 11.3. The van der Waals surface area contributed by atoms with Crippen molar-refractivity contribution >= 4 is 17.6 Å². The molecule has 0 atom stereocenters. The number of rotatable bonds is 7. The smallest absolute Gasteiger partial charge is 0.338 e. The van der Waals surface area contributed by atoms with Crippen molar-refractivity contribution in [2.24, 2.45) is 0 Å². The highest BCUT2D eigenvalue weighted by Gasteiger charge is 2.16. The molecule has 0 aromatic heterocycles. The van der Waals surface area contributed by atoms with Crippen LogP contribution in [0.3, 0.4) is 0 Å². The Morgan fingerprint density at radius 1 is 0.938 bits per heavy atom. The largest absolute Gasteiger partial charge is 0.489 e. The predicted molar refractivity (Wildman–Crippen MR) is 129 cm³/mol. The van der Waals surface area contributed by atoms with Crippen LogP contribution in [0.15, 0.2) is 66.7 Å². The van der Waals surface area contributed by atoms with Gasteiger partial charge in [0.2, 0.25) is 0 Å². The number of ether oxygens (including phenoxy) is 2. The summed E-state index contributed by atoms with van der Waals surface area (Å²) >= 11 is 6.06. The van der Waals surface area contributed by atoms with Crippen molar-refractivity contribution in [1.82, 2.24) is 0 Å². The average Bonchev–Trinajstić information content (AvgIpc) is 2.84. The van der Waals surface area contributed by atoms with Gasteiger partial charge in [-0.2, -0.15) is 0 Å². The molecule has 0 heterocycles. The van der Waals surface area contributed by atoms with Gasteiger partial charge in [0.15, 0.2) is 0 Å². The van der Waals surface area contributed by atoms with Crippen LogP contribution in [0.25, 0.3) is 11.1 Å². The third-order valence-electron chi connectivity index (χ3n) is 6.12. The molecule has 0 amide bonds. The van der Waals surface area contributed by atoms with E-state index in [2.05, 4.69) is 24.3 Å². The van der Waals surface area contributed by atoms with Gasteiger partial charge in [0.05, 0.1) is 12.2 Å². The fourth-order valence-corrected chi connectivity index (χ4v) is 4.52. The lowest BCUT2D eigenvalue weighted by atomic mass is 9.84. The van der Waals surface area contributed by atoms with Crippen LogP contribution in [-0.2, 0) is 11.3 Å². The maximum atomic E-state index is 12.3. The number of carbonyl (C=O) groups is 1. The van der Waals surface area contributed by atoms with Crippen LogP contribution < -0.4 is 4.74 Å². The standard InChI is InChI=1S/C28H29ClO3/c1-2-31-28(30)23-12-17-27(22-8-13-25(29)14-9-22)24(18-23)19-32-26-15-10-21(11-16-26)20-6-4-3-5-7-20/h8-18,20H,2-7,19H2,1H3. The Morgan fingerprint density at radius 3 is 2.34 bits per heavy atom. The van der Waals surface area contributed by atoms with Crippen LogP contribution in [0.4, 0.5) is 0 Å². The molecule has 166 valence electrons. The molecular weight excluding hydrogens is 420 g/mol. The summed E-state index contributed by atoms with van der Waals surface area (Å²) in [5.41, 5.74) is 4.89.